The maximum Gasteiger partial charge on any atom is 0.129 e. The lowest BCUT2D eigenvalue weighted by Gasteiger charge is -2.38. The van der Waals surface area contributed by atoms with Gasteiger partial charge in [-0.15, -0.1) is 0 Å². The second kappa shape index (κ2) is 5.48. The number of aliphatic hydroxyl groups is 1. The molecule has 0 saturated heterocycles. The van der Waals surface area contributed by atoms with E-state index in [0.717, 1.165) is 16.7 Å². The predicted molar refractivity (Wildman–Crippen MR) is 78.5 cm³/mol. The number of fused-ring (bicyclic) bond motifs is 1. The molecule has 4 heteroatoms. The molecule has 1 N–H and O–H groups in total. The minimum atomic E-state index is 0.142. The van der Waals surface area contributed by atoms with Crippen molar-refractivity contribution in [1.82, 2.24) is 4.98 Å². The fraction of sp³-hybridized carbons (Fsp3) is 0.375. The molecule has 1 aromatic carbocycles. The monoisotopic (exact) mass is 267 g/mol. The van der Waals surface area contributed by atoms with Gasteiger partial charge < -0.3 is 10.0 Å². The number of rotatable bonds is 4. The zero-order chi connectivity index (χ0) is 13.9. The van der Waals surface area contributed by atoms with Crippen molar-refractivity contribution in [1.29, 1.82) is 5.26 Å². The van der Waals surface area contributed by atoms with E-state index in [9.17, 15) is 5.11 Å². The van der Waals surface area contributed by atoms with Crippen LogP contribution in [-0.4, -0.2) is 29.3 Å². The molecule has 102 valence electrons. The van der Waals surface area contributed by atoms with Crippen LogP contribution in [0.3, 0.4) is 0 Å². The smallest absolute Gasteiger partial charge is 0.129 e. The van der Waals surface area contributed by atoms with Gasteiger partial charge >= 0.3 is 0 Å². The van der Waals surface area contributed by atoms with Crippen LogP contribution in [-0.2, 0) is 0 Å². The van der Waals surface area contributed by atoms with Crippen LogP contribution in [0.15, 0.2) is 30.3 Å². The Labute approximate surface area is 118 Å². The van der Waals surface area contributed by atoms with Crippen LogP contribution in [0.5, 0.6) is 0 Å². The molecule has 4 nitrogen and oxygen atoms in total. The van der Waals surface area contributed by atoms with Gasteiger partial charge in [0.05, 0.1) is 23.8 Å². The van der Waals surface area contributed by atoms with Crippen molar-refractivity contribution < 1.29 is 5.11 Å². The van der Waals surface area contributed by atoms with Crippen molar-refractivity contribution in [3.8, 4) is 6.07 Å². The number of aliphatic hydroxyl groups excluding tert-OH is 1. The molecule has 0 atom stereocenters. The summed E-state index contributed by atoms with van der Waals surface area (Å²) in [7, 11) is 0. The molecule has 2 aromatic rings. The molecule has 1 aromatic heterocycles. The average molecular weight is 267 g/mol. The molecular weight excluding hydrogens is 250 g/mol. The van der Waals surface area contributed by atoms with Crippen LogP contribution in [0, 0.1) is 11.3 Å². The van der Waals surface area contributed by atoms with Gasteiger partial charge in [0.2, 0.25) is 0 Å². The van der Waals surface area contributed by atoms with E-state index in [2.05, 4.69) is 16.0 Å². The Morgan fingerprint density at radius 1 is 1.30 bits per heavy atom. The minimum absolute atomic E-state index is 0.142. The van der Waals surface area contributed by atoms with Crippen molar-refractivity contribution >= 4 is 16.7 Å². The van der Waals surface area contributed by atoms with Crippen LogP contribution in [0.1, 0.15) is 24.8 Å². The van der Waals surface area contributed by atoms with E-state index in [1.165, 1.54) is 19.3 Å². The number of hydrogen-bond acceptors (Lipinski definition) is 4. The summed E-state index contributed by atoms with van der Waals surface area (Å²) in [4.78, 5) is 6.87. The Morgan fingerprint density at radius 2 is 2.15 bits per heavy atom. The molecule has 0 spiro atoms. The highest BCUT2D eigenvalue weighted by Crippen LogP contribution is 2.29. The Kier molecular flexibility index (Phi) is 3.53. The van der Waals surface area contributed by atoms with Gasteiger partial charge in [-0.25, -0.2) is 4.98 Å². The van der Waals surface area contributed by atoms with E-state index in [1.807, 2.05) is 24.3 Å². The lowest BCUT2D eigenvalue weighted by atomic mass is 9.91. The van der Waals surface area contributed by atoms with Crippen molar-refractivity contribution in [2.45, 2.75) is 25.3 Å². The third-order valence-electron chi connectivity index (χ3n) is 3.95. The van der Waals surface area contributed by atoms with E-state index in [4.69, 9.17) is 5.26 Å². The number of nitrogens with zero attached hydrogens (tertiary/aromatic N) is 3. The molecule has 1 heterocycles. The lowest BCUT2D eigenvalue weighted by molar-refractivity contribution is 0.283. The lowest BCUT2D eigenvalue weighted by Crippen LogP contribution is -2.42. The highest BCUT2D eigenvalue weighted by molar-refractivity contribution is 5.81. The predicted octanol–water partition coefficient (Wildman–Crippen LogP) is 2.46. The summed E-state index contributed by atoms with van der Waals surface area (Å²) in [6, 6.07) is 12.2. The zero-order valence-corrected chi connectivity index (χ0v) is 11.3. The number of nitriles is 1. The summed E-state index contributed by atoms with van der Waals surface area (Å²) in [5, 5.41) is 19.1. The van der Waals surface area contributed by atoms with Crippen molar-refractivity contribution in [3.05, 3.63) is 35.9 Å². The molecule has 3 rings (SSSR count). The first-order chi connectivity index (χ1) is 9.81. The number of aromatic nitrogens is 1. The molecule has 1 fully saturated rings. The summed E-state index contributed by atoms with van der Waals surface area (Å²) >= 11 is 0. The van der Waals surface area contributed by atoms with Gasteiger partial charge in [-0.3, -0.25) is 0 Å². The van der Waals surface area contributed by atoms with Crippen LogP contribution < -0.4 is 4.90 Å². The van der Waals surface area contributed by atoms with E-state index in [1.54, 1.807) is 6.07 Å². The van der Waals surface area contributed by atoms with Gasteiger partial charge in [-0.1, -0.05) is 0 Å². The summed E-state index contributed by atoms with van der Waals surface area (Å²) in [5.74, 6) is 0.918. The topological polar surface area (TPSA) is 60.2 Å². The molecule has 0 unspecified atom stereocenters. The van der Waals surface area contributed by atoms with Crippen LogP contribution in [0.25, 0.3) is 10.9 Å². The molecule has 20 heavy (non-hydrogen) atoms. The van der Waals surface area contributed by atoms with Crippen LogP contribution in [0.4, 0.5) is 5.82 Å². The molecular formula is C16H17N3O. The van der Waals surface area contributed by atoms with E-state index >= 15 is 0 Å². The van der Waals surface area contributed by atoms with Crippen LogP contribution in [0.2, 0.25) is 0 Å². The second-order valence-electron chi connectivity index (χ2n) is 5.19. The second-order valence-corrected chi connectivity index (χ2v) is 5.19. The Morgan fingerprint density at radius 3 is 2.80 bits per heavy atom. The molecule has 1 aliphatic carbocycles. The molecule has 1 aliphatic rings. The third-order valence-corrected chi connectivity index (χ3v) is 3.95. The Bertz CT molecular complexity index is 658. The van der Waals surface area contributed by atoms with E-state index in [0.29, 0.717) is 18.2 Å². The maximum absolute atomic E-state index is 9.24. The highest BCUT2D eigenvalue weighted by atomic mass is 16.3. The third kappa shape index (κ3) is 2.33. The summed E-state index contributed by atoms with van der Waals surface area (Å²) in [5.41, 5.74) is 1.54. The standard InChI is InChI=1S/C16H17N3O/c17-11-12-4-6-15-13(10-12)5-7-16(18-15)19(8-9-20)14-2-1-3-14/h4-7,10,14,20H,1-3,8-9H2. The first kappa shape index (κ1) is 12.9. The number of benzene rings is 1. The van der Waals surface area contributed by atoms with E-state index in [-0.39, 0.29) is 6.61 Å². The molecule has 0 aliphatic heterocycles. The van der Waals surface area contributed by atoms with Crippen molar-refractivity contribution in [3.63, 3.8) is 0 Å². The fourth-order valence-corrected chi connectivity index (χ4v) is 2.63. The number of hydrogen-bond donors (Lipinski definition) is 1. The van der Waals surface area contributed by atoms with Crippen molar-refractivity contribution in [2.75, 3.05) is 18.1 Å². The van der Waals surface area contributed by atoms with Gasteiger partial charge in [0.1, 0.15) is 5.82 Å². The number of anilines is 1. The van der Waals surface area contributed by atoms with Gasteiger partial charge in [0.25, 0.3) is 0 Å². The van der Waals surface area contributed by atoms with Gasteiger partial charge in [-0.2, -0.15) is 5.26 Å². The van der Waals surface area contributed by atoms with E-state index < -0.39 is 0 Å². The normalized spacial score (nSPS) is 14.8. The average Bonchev–Trinajstić information content (AvgIpc) is 2.44. The quantitative estimate of drug-likeness (QED) is 0.924. The summed E-state index contributed by atoms with van der Waals surface area (Å²) < 4.78 is 0. The zero-order valence-electron chi connectivity index (χ0n) is 11.3. The van der Waals surface area contributed by atoms with Gasteiger partial charge in [0.15, 0.2) is 0 Å². The first-order valence-electron chi connectivity index (χ1n) is 7.00. The first-order valence-corrected chi connectivity index (χ1v) is 7.00. The fourth-order valence-electron chi connectivity index (χ4n) is 2.63. The van der Waals surface area contributed by atoms with Gasteiger partial charge in [-0.05, 0) is 49.6 Å². The SMILES string of the molecule is N#Cc1ccc2nc(N(CCO)C3CCC3)ccc2c1. The summed E-state index contributed by atoms with van der Waals surface area (Å²) in [6.07, 6.45) is 3.60. The Hall–Kier alpha value is -2.12. The molecule has 0 amide bonds. The summed E-state index contributed by atoms with van der Waals surface area (Å²) in [6.45, 7) is 0.767. The molecule has 1 saturated carbocycles. The van der Waals surface area contributed by atoms with Crippen molar-refractivity contribution in [2.24, 2.45) is 0 Å². The highest BCUT2D eigenvalue weighted by Gasteiger charge is 2.25. The molecule has 0 radical (unpaired) electrons. The maximum atomic E-state index is 9.24. The number of pyridine rings is 1. The minimum Gasteiger partial charge on any atom is -0.395 e. The Balaban J connectivity index is 1.96. The molecule has 0 bridgehead atoms. The van der Waals surface area contributed by atoms with Gasteiger partial charge in [0, 0.05) is 18.0 Å². The van der Waals surface area contributed by atoms with Crippen LogP contribution >= 0.6 is 0 Å². The largest absolute Gasteiger partial charge is 0.395 e.